The van der Waals surface area contributed by atoms with E-state index in [2.05, 4.69) is 21.1 Å². The maximum absolute atomic E-state index is 12.4. The van der Waals surface area contributed by atoms with Crippen LogP contribution in [0, 0.1) is 11.8 Å². The number of amidine groups is 1. The molecule has 0 bridgehead atoms. The topological polar surface area (TPSA) is 78.9 Å². The fraction of sp³-hybridized carbons (Fsp3) is 0.429. The number of halogens is 1. The van der Waals surface area contributed by atoms with Crippen LogP contribution in [0.15, 0.2) is 33.9 Å². The highest BCUT2D eigenvalue weighted by Crippen LogP contribution is 2.17. The zero-order valence-corrected chi connectivity index (χ0v) is 13.5. The fourth-order valence-electron chi connectivity index (χ4n) is 1.99. The van der Waals surface area contributed by atoms with E-state index >= 15 is 0 Å². The molecular weight excluding hydrogens is 322 g/mol. The number of carbonyl (C=O) groups excluding carboxylic acids is 1. The van der Waals surface area contributed by atoms with E-state index in [4.69, 9.17) is 10.9 Å². The minimum Gasteiger partial charge on any atom is -0.409 e. The van der Waals surface area contributed by atoms with Crippen LogP contribution in [0.3, 0.4) is 0 Å². The first-order chi connectivity index (χ1) is 9.36. The number of benzene rings is 1. The molecule has 0 radical (unpaired) electrons. The van der Waals surface area contributed by atoms with Crippen LogP contribution in [-0.2, 0) is 11.3 Å². The van der Waals surface area contributed by atoms with Gasteiger partial charge in [0.25, 0.3) is 0 Å². The molecule has 1 unspecified atom stereocenters. The van der Waals surface area contributed by atoms with Gasteiger partial charge in [-0.15, -0.1) is 0 Å². The number of nitrogens with zero attached hydrogens (tertiary/aromatic N) is 2. The Labute approximate surface area is 127 Å². The van der Waals surface area contributed by atoms with Crippen molar-refractivity contribution in [3.05, 3.63) is 34.3 Å². The number of amides is 1. The third-order valence-electron chi connectivity index (χ3n) is 3.08. The quantitative estimate of drug-likeness (QED) is 0.373. The fourth-order valence-corrected chi connectivity index (χ4v) is 2.26. The zero-order valence-electron chi connectivity index (χ0n) is 11.9. The van der Waals surface area contributed by atoms with Crippen LogP contribution in [0.4, 0.5) is 0 Å². The van der Waals surface area contributed by atoms with Crippen LogP contribution in [0.2, 0.25) is 0 Å². The molecule has 20 heavy (non-hydrogen) atoms. The molecule has 0 heterocycles. The molecule has 110 valence electrons. The van der Waals surface area contributed by atoms with Gasteiger partial charge in [0.2, 0.25) is 5.91 Å². The summed E-state index contributed by atoms with van der Waals surface area (Å²) in [5, 5.41) is 11.8. The standard InChI is InChI=1S/C14H20BrN3O2/c1-9(2)12(13(16)17-20)14(19)18(3)8-10-4-6-11(15)7-5-10/h4-7,9,12,20H,8H2,1-3H3,(H2,16,17). The van der Waals surface area contributed by atoms with Crippen LogP contribution in [0.1, 0.15) is 19.4 Å². The smallest absolute Gasteiger partial charge is 0.233 e. The van der Waals surface area contributed by atoms with Gasteiger partial charge in [0.1, 0.15) is 5.92 Å². The molecule has 0 spiro atoms. The Balaban J connectivity index is 2.81. The summed E-state index contributed by atoms with van der Waals surface area (Å²) in [5.74, 6) is -0.850. The van der Waals surface area contributed by atoms with Crippen LogP contribution in [0.25, 0.3) is 0 Å². The van der Waals surface area contributed by atoms with Crippen LogP contribution in [-0.4, -0.2) is 28.9 Å². The molecule has 1 aromatic carbocycles. The predicted octanol–water partition coefficient (Wildman–Crippen LogP) is 2.43. The van der Waals surface area contributed by atoms with Crippen molar-refractivity contribution in [2.75, 3.05) is 7.05 Å². The number of oxime groups is 1. The van der Waals surface area contributed by atoms with Crippen molar-refractivity contribution in [1.82, 2.24) is 4.90 Å². The molecule has 0 aromatic heterocycles. The Bertz CT molecular complexity index is 486. The lowest BCUT2D eigenvalue weighted by Gasteiger charge is -2.25. The summed E-state index contributed by atoms with van der Waals surface area (Å²) >= 11 is 3.37. The number of hydrogen-bond donors (Lipinski definition) is 2. The van der Waals surface area contributed by atoms with Gasteiger partial charge in [-0.1, -0.05) is 47.1 Å². The van der Waals surface area contributed by atoms with E-state index in [9.17, 15) is 4.79 Å². The molecule has 0 fully saturated rings. The Morgan fingerprint density at radius 1 is 1.40 bits per heavy atom. The van der Waals surface area contributed by atoms with E-state index < -0.39 is 5.92 Å². The molecule has 3 N–H and O–H groups in total. The first kappa shape index (κ1) is 16.5. The number of hydrogen-bond acceptors (Lipinski definition) is 3. The van der Waals surface area contributed by atoms with E-state index in [-0.39, 0.29) is 17.7 Å². The summed E-state index contributed by atoms with van der Waals surface area (Å²) in [6, 6.07) is 7.75. The Morgan fingerprint density at radius 3 is 2.40 bits per heavy atom. The molecule has 5 nitrogen and oxygen atoms in total. The third kappa shape index (κ3) is 4.23. The van der Waals surface area contributed by atoms with Crippen LogP contribution >= 0.6 is 15.9 Å². The minimum atomic E-state index is -0.611. The molecule has 1 aromatic rings. The van der Waals surface area contributed by atoms with Crippen molar-refractivity contribution in [1.29, 1.82) is 0 Å². The van der Waals surface area contributed by atoms with Gasteiger partial charge in [-0.25, -0.2) is 0 Å². The SMILES string of the molecule is CC(C)C(C(=O)N(C)Cc1ccc(Br)cc1)C(N)=NO. The Kier molecular flexibility index (Phi) is 6.01. The molecule has 0 aliphatic rings. The summed E-state index contributed by atoms with van der Waals surface area (Å²) in [6.07, 6.45) is 0. The van der Waals surface area contributed by atoms with Gasteiger partial charge in [0.15, 0.2) is 5.84 Å². The molecule has 1 rings (SSSR count). The van der Waals surface area contributed by atoms with Crippen molar-refractivity contribution in [3.63, 3.8) is 0 Å². The largest absolute Gasteiger partial charge is 0.409 e. The van der Waals surface area contributed by atoms with Crippen molar-refractivity contribution in [2.45, 2.75) is 20.4 Å². The van der Waals surface area contributed by atoms with E-state index in [0.29, 0.717) is 6.54 Å². The summed E-state index contributed by atoms with van der Waals surface area (Å²) in [4.78, 5) is 14.0. The minimum absolute atomic E-state index is 0.0363. The van der Waals surface area contributed by atoms with Crippen LogP contribution < -0.4 is 5.73 Å². The van der Waals surface area contributed by atoms with Gasteiger partial charge in [-0.05, 0) is 23.6 Å². The molecule has 1 amide bonds. The number of rotatable bonds is 5. The maximum atomic E-state index is 12.4. The van der Waals surface area contributed by atoms with E-state index in [0.717, 1.165) is 10.0 Å². The zero-order chi connectivity index (χ0) is 15.3. The predicted molar refractivity (Wildman–Crippen MR) is 82.4 cm³/mol. The first-order valence-corrected chi connectivity index (χ1v) is 7.13. The molecule has 1 atom stereocenters. The number of carbonyl (C=O) groups is 1. The van der Waals surface area contributed by atoms with Gasteiger partial charge >= 0.3 is 0 Å². The lowest BCUT2D eigenvalue weighted by atomic mass is 9.93. The maximum Gasteiger partial charge on any atom is 0.233 e. The highest BCUT2D eigenvalue weighted by atomic mass is 79.9. The molecule has 0 aliphatic carbocycles. The highest BCUT2D eigenvalue weighted by Gasteiger charge is 2.29. The van der Waals surface area contributed by atoms with Gasteiger partial charge in [0.05, 0.1) is 0 Å². The van der Waals surface area contributed by atoms with Crippen molar-refractivity contribution < 1.29 is 10.0 Å². The lowest BCUT2D eigenvalue weighted by Crippen LogP contribution is -2.42. The van der Waals surface area contributed by atoms with Gasteiger partial charge in [-0.3, -0.25) is 4.79 Å². The van der Waals surface area contributed by atoms with E-state index in [1.54, 1.807) is 11.9 Å². The van der Waals surface area contributed by atoms with E-state index in [1.165, 1.54) is 0 Å². The summed E-state index contributed by atoms with van der Waals surface area (Å²) in [5.41, 5.74) is 6.64. The third-order valence-corrected chi connectivity index (χ3v) is 3.60. The highest BCUT2D eigenvalue weighted by molar-refractivity contribution is 9.10. The van der Waals surface area contributed by atoms with Crippen molar-refractivity contribution >= 4 is 27.7 Å². The van der Waals surface area contributed by atoms with Crippen LogP contribution in [0.5, 0.6) is 0 Å². The molecule has 6 heteroatoms. The summed E-state index contributed by atoms with van der Waals surface area (Å²) in [7, 11) is 1.71. The molecule has 0 saturated carbocycles. The van der Waals surface area contributed by atoms with E-state index in [1.807, 2.05) is 38.1 Å². The average Bonchev–Trinajstić information content (AvgIpc) is 2.40. The lowest BCUT2D eigenvalue weighted by molar-refractivity contribution is -0.133. The molecule has 0 aliphatic heterocycles. The van der Waals surface area contributed by atoms with Gasteiger partial charge in [-0.2, -0.15) is 0 Å². The monoisotopic (exact) mass is 341 g/mol. The second-order valence-electron chi connectivity index (χ2n) is 5.07. The van der Waals surface area contributed by atoms with Crippen molar-refractivity contribution in [2.24, 2.45) is 22.7 Å². The second-order valence-corrected chi connectivity index (χ2v) is 5.98. The summed E-state index contributed by atoms with van der Waals surface area (Å²) in [6.45, 7) is 4.22. The molecule has 0 saturated heterocycles. The van der Waals surface area contributed by atoms with Gasteiger partial charge < -0.3 is 15.8 Å². The number of nitrogens with two attached hydrogens (primary N) is 1. The molecular formula is C14H20BrN3O2. The average molecular weight is 342 g/mol. The normalized spacial score (nSPS) is 13.3. The van der Waals surface area contributed by atoms with Crippen molar-refractivity contribution in [3.8, 4) is 0 Å². The Morgan fingerprint density at radius 2 is 1.95 bits per heavy atom. The summed E-state index contributed by atoms with van der Waals surface area (Å²) < 4.78 is 0.993. The Hall–Kier alpha value is -1.56. The second kappa shape index (κ2) is 7.28. The van der Waals surface area contributed by atoms with Gasteiger partial charge in [0, 0.05) is 18.1 Å². The first-order valence-electron chi connectivity index (χ1n) is 6.33.